The van der Waals surface area contributed by atoms with Gasteiger partial charge >= 0.3 is 0 Å². The van der Waals surface area contributed by atoms with Crippen molar-refractivity contribution in [1.82, 2.24) is 15.4 Å². The molecule has 0 aliphatic heterocycles. The number of fused-ring (bicyclic) bond motifs is 1. The fourth-order valence-corrected chi connectivity index (χ4v) is 1.90. The lowest BCUT2D eigenvalue weighted by Gasteiger charge is -2.01. The molecule has 100 valence electrons. The summed E-state index contributed by atoms with van der Waals surface area (Å²) in [6.45, 7) is 3.54. The molecule has 2 rings (SSSR count). The van der Waals surface area contributed by atoms with Gasteiger partial charge in [-0.2, -0.15) is 5.10 Å². The first-order chi connectivity index (χ1) is 9.04. The van der Waals surface area contributed by atoms with Crippen LogP contribution in [0.4, 0.5) is 0 Å². The summed E-state index contributed by atoms with van der Waals surface area (Å²) in [5, 5.41) is 4.55. The first kappa shape index (κ1) is 13.8. The van der Waals surface area contributed by atoms with Gasteiger partial charge in [-0.25, -0.2) is 4.98 Å². The Bertz CT molecular complexity index is 717. The Morgan fingerprint density at radius 1 is 1.63 bits per heavy atom. The van der Waals surface area contributed by atoms with Crippen LogP contribution in [0.3, 0.4) is 0 Å². The van der Waals surface area contributed by atoms with Crippen LogP contribution in [0.2, 0.25) is 0 Å². The van der Waals surface area contributed by atoms with Crippen molar-refractivity contribution >= 4 is 45.1 Å². The molecule has 2 heterocycles. The van der Waals surface area contributed by atoms with Gasteiger partial charge in [-0.1, -0.05) is 24.0 Å². The zero-order chi connectivity index (χ0) is 14.0. The summed E-state index contributed by atoms with van der Waals surface area (Å²) in [6.07, 6.45) is 3.16. The van der Waals surface area contributed by atoms with Crippen LogP contribution in [0.15, 0.2) is 20.6 Å². The van der Waals surface area contributed by atoms with Gasteiger partial charge in [0.15, 0.2) is 4.32 Å². The molecule has 6 nitrogen and oxygen atoms in total. The van der Waals surface area contributed by atoms with Crippen LogP contribution in [0.1, 0.15) is 18.2 Å². The number of H-pyrrole nitrogens is 1. The van der Waals surface area contributed by atoms with Crippen LogP contribution in [0.5, 0.6) is 0 Å². The number of aromatic amines is 1. The minimum atomic E-state index is -0.251. The molecule has 0 aromatic carbocycles. The van der Waals surface area contributed by atoms with Crippen LogP contribution >= 0.6 is 24.0 Å². The van der Waals surface area contributed by atoms with Crippen molar-refractivity contribution in [2.24, 2.45) is 5.10 Å². The topological polar surface area (TPSA) is 83.3 Å². The van der Waals surface area contributed by atoms with Gasteiger partial charge in [-0.3, -0.25) is 10.2 Å². The van der Waals surface area contributed by atoms with Crippen molar-refractivity contribution < 1.29 is 4.42 Å². The van der Waals surface area contributed by atoms with Crippen LogP contribution in [-0.2, 0) is 0 Å². The summed E-state index contributed by atoms with van der Waals surface area (Å²) < 4.78 is 6.01. The molecule has 0 fully saturated rings. The first-order valence-electron chi connectivity index (χ1n) is 5.40. The molecule has 2 aromatic heterocycles. The summed E-state index contributed by atoms with van der Waals surface area (Å²) in [5.41, 5.74) is 4.05. The molecule has 2 aromatic rings. The molecule has 0 bridgehead atoms. The third-order valence-electron chi connectivity index (χ3n) is 2.53. The van der Waals surface area contributed by atoms with Crippen molar-refractivity contribution in [3.63, 3.8) is 0 Å². The van der Waals surface area contributed by atoms with Gasteiger partial charge in [0, 0.05) is 0 Å². The number of nitrogens with zero attached hydrogens (tertiary/aromatic N) is 2. The molecule has 19 heavy (non-hydrogen) atoms. The summed E-state index contributed by atoms with van der Waals surface area (Å²) >= 11 is 6.38. The number of thioether (sulfide) groups is 1. The van der Waals surface area contributed by atoms with Gasteiger partial charge in [-0.05, 0) is 20.1 Å². The highest BCUT2D eigenvalue weighted by molar-refractivity contribution is 8.22. The van der Waals surface area contributed by atoms with Crippen molar-refractivity contribution in [1.29, 1.82) is 0 Å². The number of hydrogen-bond acceptors (Lipinski definition) is 6. The number of thiocarbonyl (C=S) groups is 1. The third kappa shape index (κ3) is 2.69. The van der Waals surface area contributed by atoms with Gasteiger partial charge in [0.2, 0.25) is 5.71 Å². The molecule has 0 aliphatic rings. The Morgan fingerprint density at radius 3 is 3.05 bits per heavy atom. The predicted molar refractivity (Wildman–Crippen MR) is 80.8 cm³/mol. The summed E-state index contributed by atoms with van der Waals surface area (Å²) in [5.74, 6) is 0.595. The van der Waals surface area contributed by atoms with E-state index in [0.29, 0.717) is 32.5 Å². The van der Waals surface area contributed by atoms with Gasteiger partial charge in [-0.15, -0.1) is 0 Å². The highest BCUT2D eigenvalue weighted by atomic mass is 32.2. The quantitative estimate of drug-likeness (QED) is 0.499. The van der Waals surface area contributed by atoms with E-state index >= 15 is 0 Å². The smallest absolute Gasteiger partial charge is 0.262 e. The molecule has 0 amide bonds. The van der Waals surface area contributed by atoms with Crippen molar-refractivity contribution in [2.75, 3.05) is 6.26 Å². The normalized spacial score (nSPS) is 11.8. The van der Waals surface area contributed by atoms with E-state index in [1.807, 2.05) is 6.26 Å². The number of furan rings is 1. The zero-order valence-corrected chi connectivity index (χ0v) is 12.2. The Balaban J connectivity index is 2.53. The summed E-state index contributed by atoms with van der Waals surface area (Å²) in [6, 6.07) is 0. The van der Waals surface area contributed by atoms with E-state index in [2.05, 4.69) is 20.5 Å². The second-order valence-electron chi connectivity index (χ2n) is 3.75. The lowest BCUT2D eigenvalue weighted by Crippen LogP contribution is -2.15. The Kier molecular flexibility index (Phi) is 4.01. The zero-order valence-electron chi connectivity index (χ0n) is 10.6. The number of aromatic nitrogens is 2. The van der Waals surface area contributed by atoms with E-state index in [9.17, 15) is 4.79 Å². The number of hydrazone groups is 1. The van der Waals surface area contributed by atoms with Crippen LogP contribution < -0.4 is 11.0 Å². The molecule has 0 spiro atoms. The maximum atomic E-state index is 11.9. The molecular weight excluding hydrogens is 284 g/mol. The van der Waals surface area contributed by atoms with E-state index < -0.39 is 0 Å². The number of rotatable bonds is 2. The Morgan fingerprint density at radius 2 is 2.37 bits per heavy atom. The van der Waals surface area contributed by atoms with Gasteiger partial charge in [0.1, 0.15) is 11.1 Å². The summed E-state index contributed by atoms with van der Waals surface area (Å²) in [7, 11) is 0. The fraction of sp³-hybridized carbons (Fsp3) is 0.273. The lowest BCUT2D eigenvalue weighted by atomic mass is 10.1. The van der Waals surface area contributed by atoms with E-state index in [1.54, 1.807) is 13.8 Å². The van der Waals surface area contributed by atoms with Crippen LogP contribution in [0.25, 0.3) is 11.1 Å². The third-order valence-corrected chi connectivity index (χ3v) is 3.59. The van der Waals surface area contributed by atoms with E-state index in [0.717, 1.165) is 0 Å². The minimum absolute atomic E-state index is 0.251. The SMILES string of the molecule is CSC(=S)N/N=C(/C)c1c(C)oc2nc[nH]c(=O)c12. The number of nitrogens with one attached hydrogen (secondary N) is 2. The molecule has 0 saturated heterocycles. The molecule has 0 radical (unpaired) electrons. The monoisotopic (exact) mass is 296 g/mol. The Labute approximate surface area is 118 Å². The average molecular weight is 296 g/mol. The molecule has 0 atom stereocenters. The van der Waals surface area contributed by atoms with E-state index in [4.69, 9.17) is 16.6 Å². The number of hydrogen-bond donors (Lipinski definition) is 2. The molecule has 8 heteroatoms. The van der Waals surface area contributed by atoms with Crippen LogP contribution in [-0.4, -0.2) is 26.3 Å². The maximum absolute atomic E-state index is 11.9. The molecule has 2 N–H and O–H groups in total. The second-order valence-corrected chi connectivity index (χ2v) is 5.23. The largest absolute Gasteiger partial charge is 0.442 e. The van der Waals surface area contributed by atoms with E-state index in [-0.39, 0.29) is 5.56 Å². The second kappa shape index (κ2) is 5.54. The van der Waals surface area contributed by atoms with Gasteiger partial charge in [0.25, 0.3) is 5.56 Å². The van der Waals surface area contributed by atoms with Crippen molar-refractivity contribution in [3.8, 4) is 0 Å². The van der Waals surface area contributed by atoms with Gasteiger partial charge < -0.3 is 9.40 Å². The lowest BCUT2D eigenvalue weighted by molar-refractivity contribution is 0.566. The average Bonchev–Trinajstić information content (AvgIpc) is 2.73. The number of aryl methyl sites for hydroxylation is 1. The molecule has 0 unspecified atom stereocenters. The Hall–Kier alpha value is -1.67. The predicted octanol–water partition coefficient (Wildman–Crippen LogP) is 1.79. The van der Waals surface area contributed by atoms with Crippen molar-refractivity contribution in [3.05, 3.63) is 28.0 Å². The first-order valence-corrected chi connectivity index (χ1v) is 7.03. The molecule has 0 saturated carbocycles. The molecule has 0 aliphatic carbocycles. The standard InChI is InChI=1S/C11H12N4O2S2/c1-5(14-15-11(18)19-3)7-6(2)17-10-8(7)9(16)12-4-13-10/h4H,1-3H3,(H,15,18)(H,12,13,16)/b14-5-. The highest BCUT2D eigenvalue weighted by Crippen LogP contribution is 2.21. The van der Waals surface area contributed by atoms with Gasteiger partial charge in [0.05, 0.1) is 17.6 Å². The summed E-state index contributed by atoms with van der Waals surface area (Å²) in [4.78, 5) is 18.4. The van der Waals surface area contributed by atoms with E-state index in [1.165, 1.54) is 18.1 Å². The van der Waals surface area contributed by atoms with Crippen molar-refractivity contribution in [2.45, 2.75) is 13.8 Å². The van der Waals surface area contributed by atoms with Crippen LogP contribution in [0, 0.1) is 6.92 Å². The molecular formula is C11H12N4O2S2. The maximum Gasteiger partial charge on any atom is 0.262 e. The fourth-order valence-electron chi connectivity index (χ4n) is 1.72. The minimum Gasteiger partial charge on any atom is -0.442 e. The highest BCUT2D eigenvalue weighted by Gasteiger charge is 2.17.